The van der Waals surface area contributed by atoms with Gasteiger partial charge in [-0.2, -0.15) is 0 Å². The Bertz CT molecular complexity index is 394. The molecule has 22 heavy (non-hydrogen) atoms. The molecule has 0 fully saturated rings. The average Bonchev–Trinajstić information content (AvgIpc) is 2.50. The molecule has 1 aromatic rings. The third-order valence-electron chi connectivity index (χ3n) is 3.71. The molecule has 0 spiro atoms. The maximum atomic E-state index is 11.4. The van der Waals surface area contributed by atoms with E-state index in [1.54, 1.807) is 6.92 Å². The number of carbonyl (C=O) groups excluding carboxylic acids is 1. The summed E-state index contributed by atoms with van der Waals surface area (Å²) < 4.78 is 1.37. The summed E-state index contributed by atoms with van der Waals surface area (Å²) in [5, 5.41) is 3.14. The number of hydrogen-bond acceptors (Lipinski definition) is 1. The molecule has 0 aliphatic heterocycles. The molecule has 0 saturated heterocycles. The Balaban J connectivity index is 2.20. The van der Waals surface area contributed by atoms with Crippen LogP contribution in [0, 0.1) is 0 Å². The fraction of sp³-hybridized carbons (Fsp3) is 0.632. The van der Waals surface area contributed by atoms with Crippen LogP contribution in [-0.4, -0.2) is 25.8 Å². The summed E-state index contributed by atoms with van der Waals surface area (Å²) in [5.74, 6) is 0.0994. The van der Waals surface area contributed by atoms with E-state index in [1.165, 1.54) is 55.8 Å². The molecule has 124 valence electrons. The fourth-order valence-corrected chi connectivity index (χ4v) is 4.93. The number of benzene rings is 1. The predicted octanol–water partition coefficient (Wildman–Crippen LogP) is 4.01. The van der Waals surface area contributed by atoms with Crippen molar-refractivity contribution in [3.63, 3.8) is 0 Å². The van der Waals surface area contributed by atoms with Crippen LogP contribution in [0.4, 0.5) is 0 Å². The van der Waals surface area contributed by atoms with Gasteiger partial charge >= 0.3 is 142 Å². The number of carbonyl (C=O) groups is 1. The van der Waals surface area contributed by atoms with Gasteiger partial charge in [0.2, 0.25) is 0 Å². The first-order valence-corrected chi connectivity index (χ1v) is 10.6. The van der Waals surface area contributed by atoms with Crippen molar-refractivity contribution in [2.24, 2.45) is 0 Å². The number of rotatable bonds is 12. The Morgan fingerprint density at radius 3 is 2.18 bits per heavy atom. The van der Waals surface area contributed by atoms with Crippen LogP contribution in [0.5, 0.6) is 0 Å². The van der Waals surface area contributed by atoms with Crippen molar-refractivity contribution in [1.82, 2.24) is 5.32 Å². The second-order valence-electron chi connectivity index (χ2n) is 5.88. The molecule has 1 aromatic carbocycles. The van der Waals surface area contributed by atoms with Gasteiger partial charge < -0.3 is 0 Å². The molecule has 0 aliphatic rings. The van der Waals surface area contributed by atoms with Crippen LogP contribution in [0.1, 0.15) is 71.6 Å². The van der Waals surface area contributed by atoms with Gasteiger partial charge in [-0.25, -0.2) is 0 Å². The van der Waals surface area contributed by atoms with Crippen molar-refractivity contribution >= 4 is 25.3 Å². The second kappa shape index (κ2) is 12.7. The van der Waals surface area contributed by atoms with Gasteiger partial charge in [-0.15, -0.1) is 0 Å². The molecule has 1 rings (SSSR count). The quantitative estimate of drug-likeness (QED) is 0.438. The molecule has 1 unspecified atom stereocenters. The molecule has 0 bridgehead atoms. The number of amides is 1. The topological polar surface area (TPSA) is 29.1 Å². The van der Waals surface area contributed by atoms with Crippen LogP contribution in [0.2, 0.25) is 0 Å². The third-order valence-corrected chi connectivity index (χ3v) is 6.19. The molecular weight excluding hydrogens is 337 g/mol. The van der Waals surface area contributed by atoms with Crippen LogP contribution in [0.15, 0.2) is 30.3 Å². The van der Waals surface area contributed by atoms with Gasteiger partial charge in [0, 0.05) is 0 Å². The molecule has 0 aromatic heterocycles. The van der Waals surface area contributed by atoms with Crippen LogP contribution in [-0.2, 0) is 4.79 Å². The van der Waals surface area contributed by atoms with E-state index in [9.17, 15) is 4.79 Å². The summed E-state index contributed by atoms with van der Waals surface area (Å²) in [4.78, 5) is 11.7. The van der Waals surface area contributed by atoms with E-state index in [2.05, 4.69) is 36.5 Å². The Morgan fingerprint density at radius 1 is 1.00 bits per heavy atom. The third kappa shape index (κ3) is 10.0. The number of hydrogen-bond donors (Lipinski definition) is 1. The van der Waals surface area contributed by atoms with Crippen LogP contribution in [0.25, 0.3) is 0 Å². The molecule has 1 amide bonds. The summed E-state index contributed by atoms with van der Waals surface area (Å²) in [5.41, 5.74) is 0. The maximum absolute atomic E-state index is 11.4. The predicted molar refractivity (Wildman–Crippen MR) is 96.7 cm³/mol. The zero-order valence-corrected chi connectivity index (χ0v) is 15.9. The minimum absolute atomic E-state index is 0.0994. The van der Waals surface area contributed by atoms with Gasteiger partial charge in [0.05, 0.1) is 0 Å². The summed E-state index contributed by atoms with van der Waals surface area (Å²) in [6, 6.07) is 10.5. The van der Waals surface area contributed by atoms with Crippen molar-refractivity contribution in [1.29, 1.82) is 0 Å². The first-order valence-electron chi connectivity index (χ1n) is 8.71. The minimum atomic E-state index is 0.0994. The molecular formula is C19H31NOSe. The van der Waals surface area contributed by atoms with Crippen molar-refractivity contribution in [2.45, 2.75) is 76.6 Å². The van der Waals surface area contributed by atoms with Crippen molar-refractivity contribution in [3.8, 4) is 0 Å². The summed E-state index contributed by atoms with van der Waals surface area (Å²) in [6.07, 6.45) is 11.8. The van der Waals surface area contributed by atoms with E-state index in [0.29, 0.717) is 19.9 Å². The van der Waals surface area contributed by atoms with Crippen LogP contribution in [0.3, 0.4) is 0 Å². The van der Waals surface area contributed by atoms with Gasteiger partial charge in [-0.3, -0.25) is 0 Å². The standard InChI is InChI=1S/C19H31NOSe/c1-3-4-5-6-7-8-9-13-16-19(20-17(2)21)22-18-14-11-10-12-15-18/h10-12,14-15,19H,3-9,13,16H2,1-2H3,(H,20,21). The monoisotopic (exact) mass is 369 g/mol. The Morgan fingerprint density at radius 2 is 1.59 bits per heavy atom. The van der Waals surface area contributed by atoms with E-state index in [1.807, 2.05) is 6.07 Å². The number of unbranched alkanes of at least 4 members (excludes halogenated alkanes) is 7. The summed E-state index contributed by atoms with van der Waals surface area (Å²) in [7, 11) is 0. The van der Waals surface area contributed by atoms with Crippen LogP contribution >= 0.6 is 0 Å². The zero-order valence-electron chi connectivity index (χ0n) is 14.1. The second-order valence-corrected chi connectivity index (χ2v) is 8.56. The first-order chi connectivity index (χ1) is 10.7. The Kier molecular flexibility index (Phi) is 11.1. The Hall–Kier alpha value is -0.791. The molecule has 2 nitrogen and oxygen atoms in total. The molecule has 1 atom stereocenters. The van der Waals surface area contributed by atoms with Gasteiger partial charge in [0.15, 0.2) is 0 Å². The summed E-state index contributed by atoms with van der Waals surface area (Å²) >= 11 is 0.327. The summed E-state index contributed by atoms with van der Waals surface area (Å²) in [6.45, 7) is 3.89. The first kappa shape index (κ1) is 19.3. The van der Waals surface area contributed by atoms with E-state index in [0.717, 1.165) is 6.42 Å². The Labute approximate surface area is 142 Å². The number of nitrogens with one attached hydrogen (secondary N) is 1. The van der Waals surface area contributed by atoms with Gasteiger partial charge in [-0.05, 0) is 0 Å². The van der Waals surface area contributed by atoms with Gasteiger partial charge in [-0.1, -0.05) is 0 Å². The van der Waals surface area contributed by atoms with E-state index in [-0.39, 0.29) is 5.91 Å². The molecule has 3 heteroatoms. The van der Waals surface area contributed by atoms with E-state index in [4.69, 9.17) is 0 Å². The van der Waals surface area contributed by atoms with E-state index < -0.39 is 0 Å². The van der Waals surface area contributed by atoms with Gasteiger partial charge in [0.25, 0.3) is 0 Å². The average molecular weight is 368 g/mol. The molecule has 0 heterocycles. The SMILES string of the molecule is CCCCCCCCCCC(NC(C)=O)[Se]c1ccccc1. The molecule has 0 aliphatic carbocycles. The van der Waals surface area contributed by atoms with Crippen LogP contribution < -0.4 is 9.78 Å². The van der Waals surface area contributed by atoms with Crippen molar-refractivity contribution in [2.75, 3.05) is 0 Å². The fourth-order valence-electron chi connectivity index (χ4n) is 2.51. The van der Waals surface area contributed by atoms with Crippen molar-refractivity contribution in [3.05, 3.63) is 30.3 Å². The normalized spacial score (nSPS) is 12.1. The van der Waals surface area contributed by atoms with Crippen molar-refractivity contribution < 1.29 is 4.79 Å². The molecule has 0 radical (unpaired) electrons. The molecule has 0 saturated carbocycles. The van der Waals surface area contributed by atoms with E-state index >= 15 is 0 Å². The van der Waals surface area contributed by atoms with Gasteiger partial charge in [0.1, 0.15) is 0 Å². The molecule has 1 N–H and O–H groups in total. The zero-order chi connectivity index (χ0) is 16.0.